The summed E-state index contributed by atoms with van der Waals surface area (Å²) < 4.78 is 6.84. The van der Waals surface area contributed by atoms with Gasteiger partial charge in [0.1, 0.15) is 12.0 Å². The number of aromatic nitrogens is 2. The van der Waals surface area contributed by atoms with Gasteiger partial charge in [0.25, 0.3) is 0 Å². The number of nitrogens with zero attached hydrogens (tertiary/aromatic N) is 2. The van der Waals surface area contributed by atoms with Crippen LogP contribution in [0.2, 0.25) is 0 Å². The van der Waals surface area contributed by atoms with Crippen molar-refractivity contribution in [2.24, 2.45) is 11.8 Å². The third kappa shape index (κ3) is 4.53. The number of halogens is 1. The zero-order valence-electron chi connectivity index (χ0n) is 17.4. The summed E-state index contributed by atoms with van der Waals surface area (Å²) in [7, 11) is 1.76. The molecule has 0 saturated carbocycles. The maximum absolute atomic E-state index is 10.6. The van der Waals surface area contributed by atoms with Crippen LogP contribution < -0.4 is 5.32 Å². The molecule has 156 valence electrons. The van der Waals surface area contributed by atoms with Crippen LogP contribution in [0, 0.1) is 18.8 Å². The maximum Gasteiger partial charge on any atom is 0.149 e. The normalized spacial score (nSPS) is 27.1. The Morgan fingerprint density at radius 1 is 1.28 bits per heavy atom. The predicted molar refractivity (Wildman–Crippen MR) is 124 cm³/mol. The van der Waals surface area contributed by atoms with E-state index < -0.39 is 6.23 Å². The molecule has 0 spiro atoms. The monoisotopic (exact) mass is 507 g/mol. The second-order valence-corrected chi connectivity index (χ2v) is 9.77. The van der Waals surface area contributed by atoms with Crippen LogP contribution in [0.25, 0.3) is 0 Å². The first kappa shape index (κ1) is 20.8. The van der Waals surface area contributed by atoms with Gasteiger partial charge in [-0.3, -0.25) is 4.98 Å². The van der Waals surface area contributed by atoms with Gasteiger partial charge in [0.05, 0.1) is 30.0 Å². The van der Waals surface area contributed by atoms with Crippen molar-refractivity contribution >= 4 is 28.4 Å². The SMILES string of the molecule is COC1=CC2CCc3nc(NC(O)CC4=CC=C(I)C(C)C4)c(C)nc3C2CC1. The summed E-state index contributed by atoms with van der Waals surface area (Å²) >= 11 is 2.40. The summed E-state index contributed by atoms with van der Waals surface area (Å²) in [6.07, 6.45) is 11.6. The van der Waals surface area contributed by atoms with Crippen LogP contribution in [0.1, 0.15) is 62.0 Å². The van der Waals surface area contributed by atoms with Gasteiger partial charge in [-0.05, 0) is 76.7 Å². The number of allylic oxidation sites excluding steroid dienone is 5. The Kier molecular flexibility index (Phi) is 6.30. The molecular formula is C23H30IN3O2. The average Bonchev–Trinajstić information content (AvgIpc) is 2.71. The van der Waals surface area contributed by atoms with Gasteiger partial charge in [-0.1, -0.05) is 24.6 Å². The molecule has 3 aliphatic rings. The van der Waals surface area contributed by atoms with E-state index in [4.69, 9.17) is 14.7 Å². The molecule has 1 heterocycles. The number of aliphatic hydroxyl groups excluding tert-OH is 1. The highest BCUT2D eigenvalue weighted by atomic mass is 127. The van der Waals surface area contributed by atoms with E-state index in [2.05, 4.69) is 53.1 Å². The number of hydrogen-bond donors (Lipinski definition) is 2. The van der Waals surface area contributed by atoms with Gasteiger partial charge in [-0.2, -0.15) is 0 Å². The van der Waals surface area contributed by atoms with Crippen molar-refractivity contribution in [1.82, 2.24) is 9.97 Å². The van der Waals surface area contributed by atoms with Gasteiger partial charge in [0, 0.05) is 18.8 Å². The number of anilines is 1. The van der Waals surface area contributed by atoms with Crippen LogP contribution >= 0.6 is 22.6 Å². The van der Waals surface area contributed by atoms with Gasteiger partial charge in [0.2, 0.25) is 0 Å². The second-order valence-electron chi connectivity index (χ2n) is 8.52. The summed E-state index contributed by atoms with van der Waals surface area (Å²) in [6.45, 7) is 4.21. The van der Waals surface area contributed by atoms with E-state index in [1.807, 2.05) is 6.92 Å². The Bertz CT molecular complexity index is 877. The van der Waals surface area contributed by atoms with Crippen LogP contribution in [-0.2, 0) is 11.2 Å². The minimum Gasteiger partial charge on any atom is -0.501 e. The molecule has 4 rings (SSSR count). The number of methoxy groups -OCH3 is 1. The van der Waals surface area contributed by atoms with Crippen LogP contribution in [0.15, 0.2) is 33.1 Å². The number of aliphatic hydroxyl groups is 1. The predicted octanol–water partition coefficient (Wildman–Crippen LogP) is 5.16. The molecule has 0 bridgehead atoms. The number of aryl methyl sites for hydroxylation is 2. The molecule has 3 aliphatic carbocycles. The minimum absolute atomic E-state index is 0.436. The molecule has 0 saturated heterocycles. The van der Waals surface area contributed by atoms with Crippen molar-refractivity contribution in [2.75, 3.05) is 12.4 Å². The van der Waals surface area contributed by atoms with E-state index in [0.29, 0.717) is 30.0 Å². The first-order chi connectivity index (χ1) is 13.9. The van der Waals surface area contributed by atoms with Gasteiger partial charge in [0.15, 0.2) is 0 Å². The zero-order chi connectivity index (χ0) is 20.5. The molecule has 0 aromatic carbocycles. The van der Waals surface area contributed by atoms with E-state index in [9.17, 15) is 5.11 Å². The van der Waals surface area contributed by atoms with Gasteiger partial charge in [-0.25, -0.2) is 4.98 Å². The van der Waals surface area contributed by atoms with Crippen molar-refractivity contribution in [3.05, 3.63) is 50.2 Å². The Morgan fingerprint density at radius 2 is 2.10 bits per heavy atom. The Balaban J connectivity index is 1.47. The van der Waals surface area contributed by atoms with E-state index in [0.717, 1.165) is 54.9 Å². The van der Waals surface area contributed by atoms with E-state index in [1.54, 1.807) is 7.11 Å². The van der Waals surface area contributed by atoms with Crippen molar-refractivity contribution < 1.29 is 9.84 Å². The lowest BCUT2D eigenvalue weighted by atomic mass is 9.74. The Morgan fingerprint density at radius 3 is 2.86 bits per heavy atom. The van der Waals surface area contributed by atoms with Crippen LogP contribution in [-0.4, -0.2) is 28.4 Å². The summed E-state index contributed by atoms with van der Waals surface area (Å²) in [5.74, 6) is 3.29. The lowest BCUT2D eigenvalue weighted by molar-refractivity contribution is 0.201. The van der Waals surface area contributed by atoms with Crippen LogP contribution in [0.4, 0.5) is 5.82 Å². The quantitative estimate of drug-likeness (QED) is 0.426. The minimum atomic E-state index is -0.651. The molecule has 4 unspecified atom stereocenters. The summed E-state index contributed by atoms with van der Waals surface area (Å²) in [5.41, 5.74) is 4.37. The Labute approximate surface area is 186 Å². The van der Waals surface area contributed by atoms with E-state index in [-0.39, 0.29) is 0 Å². The van der Waals surface area contributed by atoms with Gasteiger partial charge >= 0.3 is 0 Å². The zero-order valence-corrected chi connectivity index (χ0v) is 19.6. The largest absolute Gasteiger partial charge is 0.501 e. The molecule has 6 heteroatoms. The average molecular weight is 507 g/mol. The standard InChI is InChI=1S/C23H30IN3O2/c1-13-10-15(4-8-19(13)24)11-21(28)27-23-14(2)25-22-18-7-6-17(29-3)12-16(18)5-9-20(22)26-23/h4,8,12-13,16,18,21,28H,5-7,9-11H2,1-3H3,(H,26,27). The van der Waals surface area contributed by atoms with Crippen molar-refractivity contribution in [3.8, 4) is 0 Å². The molecule has 29 heavy (non-hydrogen) atoms. The highest BCUT2D eigenvalue weighted by molar-refractivity contribution is 14.1. The molecular weight excluding hydrogens is 477 g/mol. The summed E-state index contributed by atoms with van der Waals surface area (Å²) in [6, 6.07) is 0. The Hall–Kier alpha value is -1.41. The summed E-state index contributed by atoms with van der Waals surface area (Å²) in [5, 5.41) is 13.8. The topological polar surface area (TPSA) is 67.3 Å². The molecule has 0 amide bonds. The van der Waals surface area contributed by atoms with Gasteiger partial charge in [-0.15, -0.1) is 0 Å². The molecule has 1 aromatic heterocycles. The number of fused-ring (bicyclic) bond motifs is 3. The first-order valence-corrected chi connectivity index (χ1v) is 11.6. The number of rotatable bonds is 5. The van der Waals surface area contributed by atoms with Crippen molar-refractivity contribution in [2.45, 2.75) is 64.5 Å². The molecule has 2 N–H and O–H groups in total. The van der Waals surface area contributed by atoms with Crippen molar-refractivity contribution in [1.29, 1.82) is 0 Å². The number of nitrogens with one attached hydrogen (secondary N) is 1. The molecule has 5 nitrogen and oxygen atoms in total. The van der Waals surface area contributed by atoms with E-state index in [1.165, 1.54) is 9.15 Å². The molecule has 0 fully saturated rings. The molecule has 0 aliphatic heterocycles. The first-order valence-electron chi connectivity index (χ1n) is 10.6. The number of hydrogen-bond acceptors (Lipinski definition) is 5. The third-order valence-corrected chi connectivity index (χ3v) is 7.82. The van der Waals surface area contributed by atoms with Crippen LogP contribution in [0.5, 0.6) is 0 Å². The smallest absolute Gasteiger partial charge is 0.149 e. The lowest BCUT2D eigenvalue weighted by Gasteiger charge is -2.34. The fourth-order valence-electron chi connectivity index (χ4n) is 4.77. The molecule has 0 radical (unpaired) electrons. The fourth-order valence-corrected chi connectivity index (χ4v) is 5.17. The number of ether oxygens (including phenoxy) is 1. The second kappa shape index (κ2) is 8.76. The lowest BCUT2D eigenvalue weighted by Crippen LogP contribution is -2.27. The molecule has 1 aromatic rings. The third-order valence-electron chi connectivity index (χ3n) is 6.40. The summed E-state index contributed by atoms with van der Waals surface area (Å²) in [4.78, 5) is 9.82. The molecule has 4 atom stereocenters. The van der Waals surface area contributed by atoms with Gasteiger partial charge < -0.3 is 15.2 Å². The fraction of sp³-hybridized carbons (Fsp3) is 0.565. The van der Waals surface area contributed by atoms with Crippen molar-refractivity contribution in [3.63, 3.8) is 0 Å². The highest BCUT2D eigenvalue weighted by Crippen LogP contribution is 2.43. The van der Waals surface area contributed by atoms with E-state index >= 15 is 0 Å². The highest BCUT2D eigenvalue weighted by Gasteiger charge is 2.34. The maximum atomic E-state index is 10.6. The van der Waals surface area contributed by atoms with Crippen LogP contribution in [0.3, 0.4) is 0 Å².